The summed E-state index contributed by atoms with van der Waals surface area (Å²) in [5.41, 5.74) is -0.396. The zero-order valence-corrected chi connectivity index (χ0v) is 10.9. The number of amides is 1. The van der Waals surface area contributed by atoms with Crippen molar-refractivity contribution in [2.24, 2.45) is 5.92 Å². The van der Waals surface area contributed by atoms with Gasteiger partial charge in [0.05, 0.1) is 0 Å². The topological polar surface area (TPSA) is 41.6 Å². The molecule has 0 saturated carbocycles. The van der Waals surface area contributed by atoms with Gasteiger partial charge in [-0.2, -0.15) is 0 Å². The predicted molar refractivity (Wildman–Crippen MR) is 64.5 cm³/mol. The molecule has 0 aromatic carbocycles. The third-order valence-electron chi connectivity index (χ3n) is 2.66. The lowest BCUT2D eigenvalue weighted by Crippen LogP contribution is -2.44. The van der Waals surface area contributed by atoms with E-state index in [1.807, 2.05) is 32.7 Å². The monoisotopic (exact) mass is 228 g/mol. The van der Waals surface area contributed by atoms with Crippen LogP contribution in [0, 0.1) is 5.92 Å². The number of carbonyl (C=O) groups is 1. The lowest BCUT2D eigenvalue weighted by Gasteiger charge is -2.34. The van der Waals surface area contributed by atoms with Gasteiger partial charge in [-0.1, -0.05) is 0 Å². The highest BCUT2D eigenvalue weighted by molar-refractivity contribution is 5.68. The number of rotatable bonds is 2. The molecule has 1 atom stereocenters. The molecule has 94 valence electrons. The summed E-state index contributed by atoms with van der Waals surface area (Å²) in [6, 6.07) is 0. The summed E-state index contributed by atoms with van der Waals surface area (Å²) in [7, 11) is 1.95. The minimum absolute atomic E-state index is 0.173. The van der Waals surface area contributed by atoms with Gasteiger partial charge in [-0.3, -0.25) is 0 Å². The Morgan fingerprint density at radius 1 is 1.50 bits per heavy atom. The Balaban J connectivity index is 2.44. The highest BCUT2D eigenvalue weighted by Crippen LogP contribution is 2.18. The van der Waals surface area contributed by atoms with Crippen molar-refractivity contribution in [3.63, 3.8) is 0 Å². The number of ether oxygens (including phenoxy) is 1. The van der Waals surface area contributed by atoms with Gasteiger partial charge in [0, 0.05) is 13.1 Å². The highest BCUT2D eigenvalue weighted by Gasteiger charge is 2.27. The molecule has 0 aromatic heterocycles. The first-order chi connectivity index (χ1) is 7.42. The van der Waals surface area contributed by atoms with Gasteiger partial charge in [0.15, 0.2) is 0 Å². The van der Waals surface area contributed by atoms with Gasteiger partial charge >= 0.3 is 6.09 Å². The maximum absolute atomic E-state index is 11.8. The lowest BCUT2D eigenvalue weighted by molar-refractivity contribution is 0.0167. The molecule has 1 rings (SSSR count). The van der Waals surface area contributed by atoms with E-state index in [0.29, 0.717) is 5.92 Å². The van der Waals surface area contributed by atoms with E-state index in [9.17, 15) is 4.79 Å². The van der Waals surface area contributed by atoms with Crippen molar-refractivity contribution in [2.45, 2.75) is 39.2 Å². The molecule has 1 aliphatic heterocycles. The molecule has 1 N–H and O–H groups in total. The van der Waals surface area contributed by atoms with Crippen LogP contribution in [-0.4, -0.2) is 43.3 Å². The summed E-state index contributed by atoms with van der Waals surface area (Å²) in [6.07, 6.45) is 2.10. The molecule has 0 unspecified atom stereocenters. The largest absolute Gasteiger partial charge is 0.444 e. The second-order valence-corrected chi connectivity index (χ2v) is 5.49. The van der Waals surface area contributed by atoms with E-state index in [-0.39, 0.29) is 6.09 Å². The van der Waals surface area contributed by atoms with Gasteiger partial charge < -0.3 is 15.0 Å². The number of likely N-dealkylation sites (tertiary alicyclic amines) is 1. The third-order valence-corrected chi connectivity index (χ3v) is 2.66. The van der Waals surface area contributed by atoms with Gasteiger partial charge in [-0.05, 0) is 53.1 Å². The Labute approximate surface area is 98.3 Å². The van der Waals surface area contributed by atoms with Crippen LogP contribution < -0.4 is 5.32 Å². The minimum Gasteiger partial charge on any atom is -0.444 e. The van der Waals surface area contributed by atoms with Crippen LogP contribution in [0.3, 0.4) is 0 Å². The van der Waals surface area contributed by atoms with Crippen LogP contribution in [0.5, 0.6) is 0 Å². The normalized spacial score (nSPS) is 22.0. The molecule has 0 radical (unpaired) electrons. The first-order valence-electron chi connectivity index (χ1n) is 6.05. The molecule has 1 saturated heterocycles. The Kier molecular flexibility index (Phi) is 4.59. The first-order valence-corrected chi connectivity index (χ1v) is 6.05. The molecular weight excluding hydrogens is 204 g/mol. The molecule has 4 nitrogen and oxygen atoms in total. The molecule has 1 amide bonds. The van der Waals surface area contributed by atoms with Crippen molar-refractivity contribution in [3.05, 3.63) is 0 Å². The Bertz CT molecular complexity index is 234. The van der Waals surface area contributed by atoms with Crippen LogP contribution in [0.25, 0.3) is 0 Å². The molecule has 4 heteroatoms. The summed E-state index contributed by atoms with van der Waals surface area (Å²) in [4.78, 5) is 13.7. The maximum atomic E-state index is 11.8. The summed E-state index contributed by atoms with van der Waals surface area (Å²) in [5, 5.41) is 3.17. The van der Waals surface area contributed by atoms with E-state index >= 15 is 0 Å². The van der Waals surface area contributed by atoms with Crippen molar-refractivity contribution in [1.29, 1.82) is 0 Å². The van der Waals surface area contributed by atoms with Crippen LogP contribution in [0.15, 0.2) is 0 Å². The maximum Gasteiger partial charge on any atom is 0.410 e. The first kappa shape index (κ1) is 13.3. The van der Waals surface area contributed by atoms with Gasteiger partial charge in [0.2, 0.25) is 0 Å². The van der Waals surface area contributed by atoms with E-state index in [1.165, 1.54) is 6.42 Å². The van der Waals surface area contributed by atoms with Crippen molar-refractivity contribution < 1.29 is 9.53 Å². The van der Waals surface area contributed by atoms with Gasteiger partial charge in [0.25, 0.3) is 0 Å². The summed E-state index contributed by atoms with van der Waals surface area (Å²) in [6.45, 7) is 8.32. The SMILES string of the molecule is CNC[C@H]1CCCN(C(=O)OC(C)(C)C)C1. The standard InChI is InChI=1S/C12H24N2O2/c1-12(2,3)16-11(15)14-7-5-6-10(9-14)8-13-4/h10,13H,5-9H2,1-4H3/t10-/m1/s1. The van der Waals surface area contributed by atoms with Gasteiger partial charge in [-0.15, -0.1) is 0 Å². The Hall–Kier alpha value is -0.770. The van der Waals surface area contributed by atoms with Crippen molar-refractivity contribution >= 4 is 6.09 Å². The Morgan fingerprint density at radius 3 is 2.75 bits per heavy atom. The number of nitrogens with zero attached hydrogens (tertiary/aromatic N) is 1. The van der Waals surface area contributed by atoms with Crippen LogP contribution >= 0.6 is 0 Å². The second-order valence-electron chi connectivity index (χ2n) is 5.49. The average Bonchev–Trinajstić information content (AvgIpc) is 2.16. The van der Waals surface area contributed by atoms with Crippen molar-refractivity contribution in [1.82, 2.24) is 10.2 Å². The zero-order valence-electron chi connectivity index (χ0n) is 10.9. The molecule has 1 heterocycles. The van der Waals surface area contributed by atoms with Crippen LogP contribution in [0.4, 0.5) is 4.79 Å². The van der Waals surface area contributed by atoms with Crippen LogP contribution in [0.2, 0.25) is 0 Å². The molecule has 1 aliphatic rings. The molecule has 0 spiro atoms. The number of carbonyl (C=O) groups excluding carboxylic acids is 1. The second kappa shape index (κ2) is 5.53. The molecule has 0 aromatic rings. The van der Waals surface area contributed by atoms with E-state index in [1.54, 1.807) is 0 Å². The quantitative estimate of drug-likeness (QED) is 0.784. The lowest BCUT2D eigenvalue weighted by atomic mass is 9.98. The molecule has 0 bridgehead atoms. The van der Waals surface area contributed by atoms with Crippen LogP contribution in [0.1, 0.15) is 33.6 Å². The molecule has 16 heavy (non-hydrogen) atoms. The number of hydrogen-bond acceptors (Lipinski definition) is 3. The van der Waals surface area contributed by atoms with Crippen molar-refractivity contribution in [2.75, 3.05) is 26.7 Å². The fourth-order valence-corrected chi connectivity index (χ4v) is 2.01. The summed E-state index contributed by atoms with van der Waals surface area (Å²) in [5.74, 6) is 0.561. The molecular formula is C12H24N2O2. The third kappa shape index (κ3) is 4.39. The van der Waals surface area contributed by atoms with E-state index in [4.69, 9.17) is 4.74 Å². The van der Waals surface area contributed by atoms with Gasteiger partial charge in [0.1, 0.15) is 5.60 Å². The van der Waals surface area contributed by atoms with Gasteiger partial charge in [-0.25, -0.2) is 4.79 Å². The van der Waals surface area contributed by atoms with E-state index < -0.39 is 5.60 Å². The number of piperidine rings is 1. The smallest absolute Gasteiger partial charge is 0.410 e. The minimum atomic E-state index is -0.396. The van der Waals surface area contributed by atoms with E-state index in [0.717, 1.165) is 26.1 Å². The van der Waals surface area contributed by atoms with E-state index in [2.05, 4.69) is 5.32 Å². The average molecular weight is 228 g/mol. The summed E-state index contributed by atoms with van der Waals surface area (Å²) >= 11 is 0. The zero-order chi connectivity index (χ0) is 12.2. The fourth-order valence-electron chi connectivity index (χ4n) is 2.01. The molecule has 1 fully saturated rings. The number of hydrogen-bond donors (Lipinski definition) is 1. The number of nitrogens with one attached hydrogen (secondary N) is 1. The predicted octanol–water partition coefficient (Wildman–Crippen LogP) is 1.85. The molecule has 0 aliphatic carbocycles. The van der Waals surface area contributed by atoms with Crippen molar-refractivity contribution in [3.8, 4) is 0 Å². The summed E-state index contributed by atoms with van der Waals surface area (Å²) < 4.78 is 5.37. The highest BCUT2D eigenvalue weighted by atomic mass is 16.6. The fraction of sp³-hybridized carbons (Fsp3) is 0.917. The van der Waals surface area contributed by atoms with Crippen LogP contribution in [-0.2, 0) is 4.74 Å². The Morgan fingerprint density at radius 2 is 2.19 bits per heavy atom.